The molecular weight excluding hydrogens is 493 g/mol. The van der Waals surface area contributed by atoms with Gasteiger partial charge >= 0.3 is 5.51 Å². The van der Waals surface area contributed by atoms with E-state index in [1.165, 1.54) is 29.1 Å². The van der Waals surface area contributed by atoms with Crippen LogP contribution in [0.3, 0.4) is 0 Å². The predicted molar refractivity (Wildman–Crippen MR) is 106 cm³/mol. The van der Waals surface area contributed by atoms with Crippen LogP contribution in [0, 0.1) is 0 Å². The fourth-order valence-electron chi connectivity index (χ4n) is 2.71. The molecule has 14 heteroatoms. The first-order chi connectivity index (χ1) is 14.9. The first-order valence-corrected chi connectivity index (χ1v) is 12.3. The molecule has 0 fully saturated rings. The van der Waals surface area contributed by atoms with Crippen molar-refractivity contribution >= 4 is 47.2 Å². The highest BCUT2D eigenvalue weighted by molar-refractivity contribution is 8.06. The topological polar surface area (TPSA) is 124 Å². The van der Waals surface area contributed by atoms with Crippen LogP contribution in [0.5, 0.6) is 0 Å². The molecule has 3 heterocycles. The van der Waals surface area contributed by atoms with Crippen molar-refractivity contribution in [3.8, 4) is 11.6 Å². The van der Waals surface area contributed by atoms with Crippen LogP contribution in [0.25, 0.3) is 22.7 Å². The Hall–Kier alpha value is -3.10. The second-order valence-electron chi connectivity index (χ2n) is 6.25. The standard InChI is InChI=1S/C18H9F3N2O6S3/c19-18(20,21)32(27,28)11-3-4-13-12(8-11)23-16(29-13)15-14(2-1-6-22-15)31(25,26)17(24)10-5-7-30-9-10/h1-9H. The minimum Gasteiger partial charge on any atom is -0.435 e. The highest BCUT2D eigenvalue weighted by atomic mass is 32.2. The van der Waals surface area contributed by atoms with Gasteiger partial charge in [-0.25, -0.2) is 26.8 Å². The molecule has 32 heavy (non-hydrogen) atoms. The van der Waals surface area contributed by atoms with E-state index in [2.05, 4.69) is 9.97 Å². The number of nitrogens with zero attached hydrogens (tertiary/aromatic N) is 2. The Bertz CT molecular complexity index is 1560. The number of oxazole rings is 1. The van der Waals surface area contributed by atoms with E-state index in [9.17, 15) is 34.8 Å². The number of alkyl halides is 3. The zero-order valence-electron chi connectivity index (χ0n) is 15.4. The summed E-state index contributed by atoms with van der Waals surface area (Å²) in [6.45, 7) is 0. The first-order valence-electron chi connectivity index (χ1n) is 8.42. The van der Waals surface area contributed by atoms with Crippen molar-refractivity contribution in [2.75, 3.05) is 0 Å². The van der Waals surface area contributed by atoms with Crippen molar-refractivity contribution in [2.45, 2.75) is 15.3 Å². The number of rotatable bonds is 4. The van der Waals surface area contributed by atoms with E-state index >= 15 is 0 Å². The molecule has 0 amide bonds. The van der Waals surface area contributed by atoms with Crippen molar-refractivity contribution < 1.29 is 39.2 Å². The van der Waals surface area contributed by atoms with E-state index in [1.807, 2.05) is 0 Å². The van der Waals surface area contributed by atoms with Crippen molar-refractivity contribution in [2.24, 2.45) is 0 Å². The van der Waals surface area contributed by atoms with E-state index in [-0.39, 0.29) is 22.4 Å². The van der Waals surface area contributed by atoms with Gasteiger partial charge in [-0.2, -0.15) is 24.5 Å². The summed E-state index contributed by atoms with van der Waals surface area (Å²) in [5.74, 6) is -0.418. The molecular formula is C18H9F3N2O6S3. The highest BCUT2D eigenvalue weighted by Gasteiger charge is 2.47. The molecule has 3 aromatic heterocycles. The summed E-state index contributed by atoms with van der Waals surface area (Å²) in [6.07, 6.45) is 1.21. The zero-order chi connectivity index (χ0) is 23.3. The molecule has 8 nitrogen and oxygen atoms in total. The molecule has 0 aliphatic rings. The third-order valence-electron chi connectivity index (χ3n) is 4.24. The molecule has 0 bridgehead atoms. The summed E-state index contributed by atoms with van der Waals surface area (Å²) in [5, 5.41) is 1.71. The average Bonchev–Trinajstić information content (AvgIpc) is 3.41. The summed E-state index contributed by atoms with van der Waals surface area (Å²) in [7, 11) is -10.2. The Kier molecular flexibility index (Phi) is 5.18. The van der Waals surface area contributed by atoms with Gasteiger partial charge in [0, 0.05) is 17.1 Å². The number of halogens is 3. The van der Waals surface area contributed by atoms with Crippen molar-refractivity contribution in [3.05, 3.63) is 58.9 Å². The SMILES string of the molecule is O=C(c1ccsc1)S(=O)(=O)c1cccnc1-c1nc2cc(S(=O)(=O)C(F)(F)F)ccc2o1. The summed E-state index contributed by atoms with van der Waals surface area (Å²) in [4.78, 5) is 18.7. The Morgan fingerprint density at radius 3 is 2.47 bits per heavy atom. The highest BCUT2D eigenvalue weighted by Crippen LogP contribution is 2.34. The van der Waals surface area contributed by atoms with Crippen LogP contribution < -0.4 is 0 Å². The molecule has 0 unspecified atom stereocenters. The maximum Gasteiger partial charge on any atom is 0.501 e. The van der Waals surface area contributed by atoms with Gasteiger partial charge in [0.15, 0.2) is 5.58 Å². The fraction of sp³-hybridized carbons (Fsp3) is 0.0556. The zero-order valence-corrected chi connectivity index (χ0v) is 17.8. The van der Waals surface area contributed by atoms with Crippen molar-refractivity contribution in [3.63, 3.8) is 0 Å². The number of fused-ring (bicyclic) bond motifs is 1. The van der Waals surface area contributed by atoms with Crippen LogP contribution in [-0.4, -0.2) is 37.4 Å². The number of carbonyl (C=O) groups excluding carboxylic acids is 1. The maximum absolute atomic E-state index is 12.9. The molecule has 0 aliphatic carbocycles. The lowest BCUT2D eigenvalue weighted by molar-refractivity contribution is -0.0436. The summed E-state index contributed by atoms with van der Waals surface area (Å²) in [5.41, 5.74) is -6.31. The van der Waals surface area contributed by atoms with Gasteiger partial charge in [0.1, 0.15) is 16.1 Å². The van der Waals surface area contributed by atoms with E-state index in [0.717, 1.165) is 23.5 Å². The fourth-order valence-corrected chi connectivity index (χ4v) is 5.49. The first kappa shape index (κ1) is 22.1. The maximum atomic E-state index is 12.9. The number of carbonyl (C=O) groups is 1. The lowest BCUT2D eigenvalue weighted by Gasteiger charge is -2.07. The van der Waals surface area contributed by atoms with Gasteiger partial charge in [-0.05, 0) is 41.8 Å². The minimum atomic E-state index is -5.63. The largest absolute Gasteiger partial charge is 0.501 e. The van der Waals surface area contributed by atoms with E-state index in [0.29, 0.717) is 12.1 Å². The Morgan fingerprint density at radius 2 is 1.81 bits per heavy atom. The number of hydrogen-bond donors (Lipinski definition) is 0. The summed E-state index contributed by atoms with van der Waals surface area (Å²) in [6, 6.07) is 6.01. The molecule has 0 saturated heterocycles. The number of thiophene rings is 1. The van der Waals surface area contributed by atoms with Crippen molar-refractivity contribution in [1.29, 1.82) is 0 Å². The van der Waals surface area contributed by atoms with Gasteiger partial charge in [0.25, 0.3) is 15.0 Å². The van der Waals surface area contributed by atoms with Gasteiger partial charge in [-0.3, -0.25) is 4.79 Å². The van der Waals surface area contributed by atoms with Crippen molar-refractivity contribution in [1.82, 2.24) is 9.97 Å². The number of pyridine rings is 1. The molecule has 0 N–H and O–H groups in total. The average molecular weight is 502 g/mol. The molecule has 1 aromatic carbocycles. The second-order valence-corrected chi connectivity index (χ2v) is 10.8. The van der Waals surface area contributed by atoms with Crippen LogP contribution >= 0.6 is 11.3 Å². The Balaban J connectivity index is 1.84. The smallest absolute Gasteiger partial charge is 0.435 e. The monoisotopic (exact) mass is 502 g/mol. The van der Waals surface area contributed by atoms with Gasteiger partial charge in [0.2, 0.25) is 15.7 Å². The van der Waals surface area contributed by atoms with E-state index in [4.69, 9.17) is 4.42 Å². The van der Waals surface area contributed by atoms with E-state index < -0.39 is 46.0 Å². The Labute approximate surface area is 182 Å². The molecule has 4 rings (SSSR count). The van der Waals surface area contributed by atoms with Gasteiger partial charge in [0.05, 0.1) is 4.90 Å². The molecule has 0 saturated carbocycles. The number of benzene rings is 1. The van der Waals surface area contributed by atoms with Gasteiger partial charge in [-0.15, -0.1) is 0 Å². The van der Waals surface area contributed by atoms with Crippen LogP contribution in [0.15, 0.2) is 67.6 Å². The van der Waals surface area contributed by atoms with Crippen LogP contribution in [0.2, 0.25) is 0 Å². The summed E-state index contributed by atoms with van der Waals surface area (Å²) < 4.78 is 92.9. The Morgan fingerprint density at radius 1 is 1.06 bits per heavy atom. The van der Waals surface area contributed by atoms with Gasteiger partial charge in [-0.1, -0.05) is 0 Å². The second kappa shape index (κ2) is 7.50. The normalized spacial score (nSPS) is 12.8. The number of hydrogen-bond acceptors (Lipinski definition) is 9. The molecule has 4 aromatic rings. The number of sulfone groups is 2. The third kappa shape index (κ3) is 3.59. The molecule has 0 radical (unpaired) electrons. The molecule has 0 spiro atoms. The lowest BCUT2D eigenvalue weighted by atomic mass is 10.3. The molecule has 0 atom stereocenters. The lowest BCUT2D eigenvalue weighted by Crippen LogP contribution is -2.23. The summed E-state index contributed by atoms with van der Waals surface area (Å²) >= 11 is 1.13. The molecule has 166 valence electrons. The predicted octanol–water partition coefficient (Wildman–Crippen LogP) is 3.86. The number of aromatic nitrogens is 2. The van der Waals surface area contributed by atoms with Crippen LogP contribution in [0.1, 0.15) is 10.4 Å². The quantitative estimate of drug-likeness (QED) is 0.412. The molecule has 0 aliphatic heterocycles. The van der Waals surface area contributed by atoms with Crippen LogP contribution in [-0.2, 0) is 19.7 Å². The minimum absolute atomic E-state index is 0.0515. The van der Waals surface area contributed by atoms with Crippen LogP contribution in [0.4, 0.5) is 13.2 Å². The third-order valence-corrected chi connectivity index (χ3v) is 8.04. The van der Waals surface area contributed by atoms with E-state index in [1.54, 1.807) is 0 Å². The van der Waals surface area contributed by atoms with Gasteiger partial charge < -0.3 is 4.42 Å².